The molecule has 148 valence electrons. The Morgan fingerprint density at radius 2 is 2.00 bits per heavy atom. The van der Waals surface area contributed by atoms with E-state index in [0.29, 0.717) is 39.2 Å². The minimum atomic E-state index is -0.239. The summed E-state index contributed by atoms with van der Waals surface area (Å²) in [5.74, 6) is -0.0772. The van der Waals surface area contributed by atoms with Gasteiger partial charge in [-0.3, -0.25) is 9.59 Å². The second-order valence-electron chi connectivity index (χ2n) is 7.43. The summed E-state index contributed by atoms with van der Waals surface area (Å²) >= 11 is 0. The number of nitrogens with two attached hydrogens (primary N) is 1. The van der Waals surface area contributed by atoms with E-state index >= 15 is 0 Å². The summed E-state index contributed by atoms with van der Waals surface area (Å²) in [6.07, 6.45) is 4.00. The molecule has 2 heterocycles. The van der Waals surface area contributed by atoms with Crippen molar-refractivity contribution in [3.63, 3.8) is 0 Å². The van der Waals surface area contributed by atoms with Crippen molar-refractivity contribution in [1.82, 2.24) is 4.90 Å². The molecule has 0 aliphatic carbocycles. The van der Waals surface area contributed by atoms with E-state index in [1.807, 2.05) is 29.2 Å². The number of para-hydroxylation sites is 1. The lowest BCUT2D eigenvalue weighted by atomic mass is 10.0. The molecule has 3 rings (SSSR count). The van der Waals surface area contributed by atoms with Crippen molar-refractivity contribution in [2.45, 2.75) is 45.1 Å². The predicted molar refractivity (Wildman–Crippen MR) is 106 cm³/mol. The summed E-state index contributed by atoms with van der Waals surface area (Å²) in [5, 5.41) is 0. The summed E-state index contributed by atoms with van der Waals surface area (Å²) < 4.78 is 5.81. The molecule has 6 nitrogen and oxygen atoms in total. The fourth-order valence-corrected chi connectivity index (χ4v) is 4.01. The Hall–Kier alpha value is -1.92. The fraction of sp³-hybridized carbons (Fsp3) is 0.619. The number of hydrogen-bond donors (Lipinski definition) is 1. The molecule has 0 spiro atoms. The lowest BCUT2D eigenvalue weighted by molar-refractivity contribution is -0.138. The molecule has 2 fully saturated rings. The van der Waals surface area contributed by atoms with Gasteiger partial charge in [-0.1, -0.05) is 25.1 Å². The van der Waals surface area contributed by atoms with E-state index < -0.39 is 0 Å². The largest absolute Gasteiger partial charge is 0.378 e. The van der Waals surface area contributed by atoms with Crippen LogP contribution < -0.4 is 10.6 Å². The summed E-state index contributed by atoms with van der Waals surface area (Å²) in [6.45, 7) is 5.33. The SMILES string of the molecule is CCc1ccccc1N1CC(C(=O)N2CCC(OCCCN)CC2)CC1=O. The van der Waals surface area contributed by atoms with Gasteiger partial charge in [0.25, 0.3) is 0 Å². The lowest BCUT2D eigenvalue weighted by Gasteiger charge is -2.33. The smallest absolute Gasteiger partial charge is 0.228 e. The number of carbonyl (C=O) groups is 2. The van der Waals surface area contributed by atoms with Gasteiger partial charge in [-0.25, -0.2) is 0 Å². The molecule has 0 aromatic heterocycles. The number of carbonyl (C=O) groups excluding carboxylic acids is 2. The number of ether oxygens (including phenoxy) is 1. The average molecular weight is 373 g/mol. The zero-order valence-electron chi connectivity index (χ0n) is 16.2. The Morgan fingerprint density at radius 1 is 1.26 bits per heavy atom. The third-order valence-electron chi connectivity index (χ3n) is 5.59. The molecular formula is C21H31N3O3. The van der Waals surface area contributed by atoms with Crippen LogP contribution in [0.4, 0.5) is 5.69 Å². The molecule has 0 radical (unpaired) electrons. The summed E-state index contributed by atoms with van der Waals surface area (Å²) in [4.78, 5) is 29.2. The van der Waals surface area contributed by atoms with Crippen molar-refractivity contribution in [2.24, 2.45) is 11.7 Å². The van der Waals surface area contributed by atoms with Crippen LogP contribution in [0.3, 0.4) is 0 Å². The maximum Gasteiger partial charge on any atom is 0.228 e. The first-order chi connectivity index (χ1) is 13.1. The summed E-state index contributed by atoms with van der Waals surface area (Å²) in [7, 11) is 0. The van der Waals surface area contributed by atoms with Gasteiger partial charge in [0, 0.05) is 38.3 Å². The molecule has 0 saturated carbocycles. The van der Waals surface area contributed by atoms with Gasteiger partial charge in [-0.2, -0.15) is 0 Å². The first-order valence-corrected chi connectivity index (χ1v) is 10.1. The molecule has 2 aliphatic heterocycles. The van der Waals surface area contributed by atoms with Gasteiger partial charge in [-0.15, -0.1) is 0 Å². The normalized spacial score (nSPS) is 21.1. The molecule has 27 heavy (non-hydrogen) atoms. The monoisotopic (exact) mass is 373 g/mol. The minimum absolute atomic E-state index is 0.0502. The number of amides is 2. The average Bonchev–Trinajstić information content (AvgIpc) is 3.09. The van der Waals surface area contributed by atoms with Gasteiger partial charge in [0.2, 0.25) is 11.8 Å². The van der Waals surface area contributed by atoms with Crippen molar-refractivity contribution in [1.29, 1.82) is 0 Å². The number of anilines is 1. The number of aryl methyl sites for hydroxylation is 1. The zero-order chi connectivity index (χ0) is 19.2. The Morgan fingerprint density at radius 3 is 2.70 bits per heavy atom. The third kappa shape index (κ3) is 4.68. The molecule has 2 amide bonds. The Balaban J connectivity index is 1.55. The molecule has 2 aliphatic rings. The molecule has 2 N–H and O–H groups in total. The van der Waals surface area contributed by atoms with Crippen LogP contribution in [0.1, 0.15) is 38.2 Å². The number of hydrogen-bond acceptors (Lipinski definition) is 4. The first-order valence-electron chi connectivity index (χ1n) is 10.1. The van der Waals surface area contributed by atoms with Crippen molar-refractivity contribution < 1.29 is 14.3 Å². The molecule has 1 atom stereocenters. The van der Waals surface area contributed by atoms with E-state index in [1.54, 1.807) is 4.90 Å². The van der Waals surface area contributed by atoms with Gasteiger partial charge < -0.3 is 20.3 Å². The molecular weight excluding hydrogens is 342 g/mol. The summed E-state index contributed by atoms with van der Waals surface area (Å²) in [5.41, 5.74) is 7.59. The fourth-order valence-electron chi connectivity index (χ4n) is 4.01. The number of benzene rings is 1. The molecule has 6 heteroatoms. The van der Waals surface area contributed by atoms with E-state index in [4.69, 9.17) is 10.5 Å². The van der Waals surface area contributed by atoms with Gasteiger partial charge in [0.05, 0.1) is 12.0 Å². The molecule has 1 unspecified atom stereocenters. The minimum Gasteiger partial charge on any atom is -0.378 e. The number of piperidine rings is 1. The maximum absolute atomic E-state index is 12.9. The highest BCUT2D eigenvalue weighted by molar-refractivity contribution is 6.00. The van der Waals surface area contributed by atoms with Gasteiger partial charge >= 0.3 is 0 Å². The number of likely N-dealkylation sites (tertiary alicyclic amines) is 1. The molecule has 1 aromatic rings. The van der Waals surface area contributed by atoms with E-state index in [2.05, 4.69) is 6.92 Å². The van der Waals surface area contributed by atoms with Crippen molar-refractivity contribution in [2.75, 3.05) is 37.7 Å². The standard InChI is InChI=1S/C21H31N3O3/c1-2-16-6-3-4-7-19(16)24-15-17(14-20(24)25)21(26)23-11-8-18(9-12-23)27-13-5-10-22/h3-4,6-7,17-18H,2,5,8-15,22H2,1H3. The quantitative estimate of drug-likeness (QED) is 0.742. The second kappa shape index (κ2) is 9.33. The third-order valence-corrected chi connectivity index (χ3v) is 5.59. The second-order valence-corrected chi connectivity index (χ2v) is 7.43. The van der Waals surface area contributed by atoms with E-state index in [0.717, 1.165) is 36.9 Å². The molecule has 2 saturated heterocycles. The lowest BCUT2D eigenvalue weighted by Crippen LogP contribution is -2.44. The highest BCUT2D eigenvalue weighted by Gasteiger charge is 2.38. The van der Waals surface area contributed by atoms with Gasteiger partial charge in [0.15, 0.2) is 0 Å². The van der Waals surface area contributed by atoms with Gasteiger partial charge in [-0.05, 0) is 43.9 Å². The Bertz CT molecular complexity index is 656. The maximum atomic E-state index is 12.9. The van der Waals surface area contributed by atoms with Crippen molar-refractivity contribution in [3.05, 3.63) is 29.8 Å². The number of rotatable bonds is 7. The number of nitrogens with zero attached hydrogens (tertiary/aromatic N) is 2. The van der Waals surface area contributed by atoms with E-state index in [9.17, 15) is 9.59 Å². The van der Waals surface area contributed by atoms with Crippen LogP contribution in [0.25, 0.3) is 0 Å². The van der Waals surface area contributed by atoms with Crippen molar-refractivity contribution in [3.8, 4) is 0 Å². The van der Waals surface area contributed by atoms with Crippen LogP contribution in [0, 0.1) is 5.92 Å². The van der Waals surface area contributed by atoms with Crippen molar-refractivity contribution >= 4 is 17.5 Å². The zero-order valence-corrected chi connectivity index (χ0v) is 16.2. The van der Waals surface area contributed by atoms with Crippen LogP contribution in [0.5, 0.6) is 0 Å². The predicted octanol–water partition coefficient (Wildman–Crippen LogP) is 1.96. The van der Waals surface area contributed by atoms with Crippen LogP contribution in [-0.4, -0.2) is 55.6 Å². The van der Waals surface area contributed by atoms with Crippen LogP contribution in [0.2, 0.25) is 0 Å². The van der Waals surface area contributed by atoms with E-state index in [-0.39, 0.29) is 23.8 Å². The Kier molecular flexibility index (Phi) is 6.85. The van der Waals surface area contributed by atoms with Crippen LogP contribution >= 0.6 is 0 Å². The molecule has 0 bridgehead atoms. The highest BCUT2D eigenvalue weighted by atomic mass is 16.5. The Labute approximate surface area is 161 Å². The highest BCUT2D eigenvalue weighted by Crippen LogP contribution is 2.30. The summed E-state index contributed by atoms with van der Waals surface area (Å²) in [6, 6.07) is 7.97. The van der Waals surface area contributed by atoms with Crippen LogP contribution in [-0.2, 0) is 20.7 Å². The molecule has 1 aromatic carbocycles. The van der Waals surface area contributed by atoms with Crippen LogP contribution in [0.15, 0.2) is 24.3 Å². The topological polar surface area (TPSA) is 75.9 Å². The first kappa shape index (κ1) is 19.8. The van der Waals surface area contributed by atoms with Gasteiger partial charge in [0.1, 0.15) is 0 Å². The van der Waals surface area contributed by atoms with E-state index in [1.165, 1.54) is 0 Å².